The molecule has 2 aromatic rings. The average molecular weight is 312 g/mol. The highest BCUT2D eigenvalue weighted by molar-refractivity contribution is 6.06. The summed E-state index contributed by atoms with van der Waals surface area (Å²) in [4.78, 5) is 12.2. The summed E-state index contributed by atoms with van der Waals surface area (Å²) in [6.45, 7) is 4.56. The Balaban J connectivity index is 1.88. The number of ketones is 1. The van der Waals surface area contributed by atoms with Crippen LogP contribution in [0.1, 0.15) is 35.3 Å². The molecular weight excluding hydrogens is 292 g/mol. The normalized spacial score (nSPS) is 16.4. The molecule has 120 valence electrons. The van der Waals surface area contributed by atoms with Gasteiger partial charge in [0.2, 0.25) is 0 Å². The van der Waals surface area contributed by atoms with Crippen LogP contribution >= 0.6 is 0 Å². The third-order valence-corrected chi connectivity index (χ3v) is 3.73. The highest BCUT2D eigenvalue weighted by Crippen LogP contribution is 2.35. The van der Waals surface area contributed by atoms with Gasteiger partial charge < -0.3 is 9.47 Å². The number of aromatic nitrogens is 2. The van der Waals surface area contributed by atoms with Gasteiger partial charge in [-0.25, -0.2) is 0 Å². The van der Waals surface area contributed by atoms with E-state index in [2.05, 4.69) is 5.10 Å². The largest absolute Gasteiger partial charge is 0.493 e. The maximum atomic E-state index is 12.2. The predicted molar refractivity (Wildman–Crippen MR) is 88.0 cm³/mol. The van der Waals surface area contributed by atoms with Crippen LogP contribution in [0.25, 0.3) is 6.08 Å². The molecule has 5 nitrogen and oxygen atoms in total. The summed E-state index contributed by atoms with van der Waals surface area (Å²) in [7, 11) is 1.78. The van der Waals surface area contributed by atoms with E-state index in [1.807, 2.05) is 26.0 Å². The zero-order valence-electron chi connectivity index (χ0n) is 13.6. The molecule has 1 aromatic heterocycles. The SMILES string of the molecule is CCOc1cc2c(cc1C=CC(=O)c1cnn(C)c1)OC(C)C2. The molecule has 0 bridgehead atoms. The molecule has 0 spiro atoms. The quantitative estimate of drug-likeness (QED) is 0.629. The van der Waals surface area contributed by atoms with Crippen molar-refractivity contribution < 1.29 is 14.3 Å². The lowest BCUT2D eigenvalue weighted by Gasteiger charge is -2.09. The smallest absolute Gasteiger partial charge is 0.189 e. The van der Waals surface area contributed by atoms with Gasteiger partial charge in [-0.05, 0) is 38.1 Å². The number of hydrogen-bond acceptors (Lipinski definition) is 4. The first kappa shape index (κ1) is 15.3. The summed E-state index contributed by atoms with van der Waals surface area (Å²) in [5.41, 5.74) is 2.56. The van der Waals surface area contributed by atoms with E-state index in [1.54, 1.807) is 36.3 Å². The first-order chi connectivity index (χ1) is 11.1. The number of rotatable bonds is 5. The van der Waals surface area contributed by atoms with Crippen LogP contribution in [-0.2, 0) is 13.5 Å². The van der Waals surface area contributed by atoms with Gasteiger partial charge in [-0.3, -0.25) is 9.48 Å². The highest BCUT2D eigenvalue weighted by atomic mass is 16.5. The minimum atomic E-state index is -0.0877. The van der Waals surface area contributed by atoms with Crippen molar-refractivity contribution in [2.24, 2.45) is 7.05 Å². The van der Waals surface area contributed by atoms with Crippen LogP contribution in [0.15, 0.2) is 30.6 Å². The molecule has 3 rings (SSSR count). The molecule has 0 N–H and O–H groups in total. The molecule has 0 fully saturated rings. The second-order valence-electron chi connectivity index (χ2n) is 5.66. The number of benzene rings is 1. The van der Waals surface area contributed by atoms with Gasteiger partial charge in [0.15, 0.2) is 5.78 Å². The Labute approximate surface area is 135 Å². The Bertz CT molecular complexity index is 762. The zero-order chi connectivity index (χ0) is 16.4. The maximum Gasteiger partial charge on any atom is 0.189 e. The van der Waals surface area contributed by atoms with Crippen LogP contribution in [0.5, 0.6) is 11.5 Å². The summed E-state index contributed by atoms with van der Waals surface area (Å²) < 4.78 is 13.1. The van der Waals surface area contributed by atoms with Crippen LogP contribution < -0.4 is 9.47 Å². The van der Waals surface area contributed by atoms with Gasteiger partial charge in [0, 0.05) is 30.8 Å². The number of carbonyl (C=O) groups excluding carboxylic acids is 1. The molecule has 1 aliphatic rings. The van der Waals surface area contributed by atoms with E-state index in [4.69, 9.17) is 9.47 Å². The lowest BCUT2D eigenvalue weighted by molar-refractivity contribution is 0.104. The Morgan fingerprint density at radius 2 is 2.35 bits per heavy atom. The van der Waals surface area contributed by atoms with Crippen LogP contribution in [-0.4, -0.2) is 28.3 Å². The molecule has 0 amide bonds. The summed E-state index contributed by atoms with van der Waals surface area (Å²) in [6, 6.07) is 3.95. The van der Waals surface area contributed by atoms with E-state index >= 15 is 0 Å². The Morgan fingerprint density at radius 3 is 3.04 bits per heavy atom. The summed E-state index contributed by atoms with van der Waals surface area (Å²) in [5, 5.41) is 4.01. The van der Waals surface area contributed by atoms with Crippen LogP contribution in [0, 0.1) is 0 Å². The molecule has 1 aromatic carbocycles. The highest BCUT2D eigenvalue weighted by Gasteiger charge is 2.21. The number of ether oxygens (including phenoxy) is 2. The molecule has 0 saturated heterocycles. The zero-order valence-corrected chi connectivity index (χ0v) is 13.6. The standard InChI is InChI=1S/C18H20N2O3/c1-4-22-17-9-14-7-12(2)23-18(14)8-13(17)5-6-16(21)15-10-19-20(3)11-15/h5-6,8-12H,4,7H2,1-3H3. The third kappa shape index (κ3) is 3.28. The van der Waals surface area contributed by atoms with Crippen molar-refractivity contribution in [3.05, 3.63) is 47.3 Å². The van der Waals surface area contributed by atoms with E-state index in [0.717, 1.165) is 29.0 Å². The number of carbonyl (C=O) groups is 1. The van der Waals surface area contributed by atoms with E-state index in [-0.39, 0.29) is 11.9 Å². The molecule has 0 aliphatic carbocycles. The monoisotopic (exact) mass is 312 g/mol. The van der Waals surface area contributed by atoms with Gasteiger partial charge in [0.1, 0.15) is 17.6 Å². The van der Waals surface area contributed by atoms with Crippen LogP contribution in [0.2, 0.25) is 0 Å². The van der Waals surface area contributed by atoms with E-state index in [9.17, 15) is 4.79 Å². The predicted octanol–water partition coefficient (Wildman–Crippen LogP) is 3.04. The van der Waals surface area contributed by atoms with Gasteiger partial charge >= 0.3 is 0 Å². The Hall–Kier alpha value is -2.56. The molecule has 0 saturated carbocycles. The molecular formula is C18H20N2O3. The number of fused-ring (bicyclic) bond motifs is 1. The minimum Gasteiger partial charge on any atom is -0.493 e. The van der Waals surface area contributed by atoms with E-state index < -0.39 is 0 Å². The second-order valence-corrected chi connectivity index (χ2v) is 5.66. The molecule has 1 atom stereocenters. The molecule has 2 heterocycles. The van der Waals surface area contributed by atoms with Crippen molar-refractivity contribution in [3.63, 3.8) is 0 Å². The van der Waals surface area contributed by atoms with Gasteiger partial charge in [-0.15, -0.1) is 0 Å². The topological polar surface area (TPSA) is 53.3 Å². The van der Waals surface area contributed by atoms with Gasteiger partial charge in [-0.1, -0.05) is 0 Å². The minimum absolute atomic E-state index is 0.0877. The lowest BCUT2D eigenvalue weighted by atomic mass is 10.1. The fourth-order valence-electron chi connectivity index (χ4n) is 2.68. The molecule has 0 radical (unpaired) electrons. The van der Waals surface area contributed by atoms with Crippen molar-refractivity contribution in [2.75, 3.05) is 6.61 Å². The fourth-order valence-corrected chi connectivity index (χ4v) is 2.68. The number of hydrogen-bond donors (Lipinski definition) is 0. The molecule has 1 unspecified atom stereocenters. The van der Waals surface area contributed by atoms with Crippen molar-refractivity contribution >= 4 is 11.9 Å². The summed E-state index contributed by atoms with van der Waals surface area (Å²) in [5.74, 6) is 1.56. The maximum absolute atomic E-state index is 12.2. The molecule has 1 aliphatic heterocycles. The van der Waals surface area contributed by atoms with Crippen molar-refractivity contribution in [2.45, 2.75) is 26.4 Å². The molecule has 23 heavy (non-hydrogen) atoms. The first-order valence-electron chi connectivity index (χ1n) is 7.74. The van der Waals surface area contributed by atoms with E-state index in [0.29, 0.717) is 12.2 Å². The lowest BCUT2D eigenvalue weighted by Crippen LogP contribution is -2.05. The number of aryl methyl sites for hydroxylation is 1. The summed E-state index contributed by atoms with van der Waals surface area (Å²) in [6.07, 6.45) is 7.63. The summed E-state index contributed by atoms with van der Waals surface area (Å²) >= 11 is 0. The fraction of sp³-hybridized carbons (Fsp3) is 0.333. The third-order valence-electron chi connectivity index (χ3n) is 3.73. The van der Waals surface area contributed by atoms with Crippen LogP contribution in [0.3, 0.4) is 0 Å². The average Bonchev–Trinajstić information content (AvgIpc) is 3.09. The Morgan fingerprint density at radius 1 is 1.52 bits per heavy atom. The first-order valence-corrected chi connectivity index (χ1v) is 7.74. The Kier molecular flexibility index (Phi) is 4.19. The van der Waals surface area contributed by atoms with Crippen molar-refractivity contribution in [3.8, 4) is 11.5 Å². The van der Waals surface area contributed by atoms with Crippen molar-refractivity contribution in [1.82, 2.24) is 9.78 Å². The molecule has 5 heteroatoms. The second kappa shape index (κ2) is 6.28. The van der Waals surface area contributed by atoms with Gasteiger partial charge in [-0.2, -0.15) is 5.10 Å². The van der Waals surface area contributed by atoms with Crippen LogP contribution in [0.4, 0.5) is 0 Å². The van der Waals surface area contributed by atoms with Gasteiger partial charge in [0.25, 0.3) is 0 Å². The number of nitrogens with zero attached hydrogens (tertiary/aromatic N) is 2. The number of allylic oxidation sites excluding steroid dienone is 1. The van der Waals surface area contributed by atoms with Crippen molar-refractivity contribution in [1.29, 1.82) is 0 Å². The van der Waals surface area contributed by atoms with Gasteiger partial charge in [0.05, 0.1) is 18.4 Å². The van der Waals surface area contributed by atoms with E-state index in [1.165, 1.54) is 0 Å².